The molecule has 1 heterocycles. The maximum atomic E-state index is 12.1. The normalized spacial score (nSPS) is 11.2. The lowest BCUT2D eigenvalue weighted by molar-refractivity contribution is -0.0498. The lowest BCUT2D eigenvalue weighted by Gasteiger charge is -2.13. The Hall–Kier alpha value is -2.11. The molecule has 0 radical (unpaired) electrons. The van der Waals surface area contributed by atoms with Crippen LogP contribution in [0.4, 0.5) is 20.4 Å². The van der Waals surface area contributed by atoms with E-state index in [4.69, 9.17) is 0 Å². The summed E-state index contributed by atoms with van der Waals surface area (Å²) in [4.78, 5) is 4.40. The molecule has 2 rings (SSSR count). The number of halogens is 2. The molecule has 0 aliphatic carbocycles. The van der Waals surface area contributed by atoms with Gasteiger partial charge in [-0.15, -0.1) is 0 Å². The summed E-state index contributed by atoms with van der Waals surface area (Å²) in [5.41, 5.74) is 1.68. The van der Waals surface area contributed by atoms with Crippen molar-refractivity contribution in [3.63, 3.8) is 0 Å². The van der Waals surface area contributed by atoms with Crippen molar-refractivity contribution in [1.82, 2.24) is 9.55 Å². The van der Waals surface area contributed by atoms with Crippen molar-refractivity contribution in [1.29, 1.82) is 0 Å². The second-order valence-electron chi connectivity index (χ2n) is 4.73. The molecule has 0 aliphatic heterocycles. The molecule has 108 valence electrons. The molecule has 1 aromatic carbocycles. The van der Waals surface area contributed by atoms with Gasteiger partial charge in [-0.2, -0.15) is 8.78 Å². The molecule has 1 N–H and O–H groups in total. The highest BCUT2D eigenvalue weighted by atomic mass is 19.3. The number of hydrogen-bond acceptors (Lipinski definition) is 3. The number of imidazole rings is 1. The number of nitrogens with zero attached hydrogens (tertiary/aromatic N) is 2. The highest BCUT2D eigenvalue weighted by Crippen LogP contribution is 2.22. The van der Waals surface area contributed by atoms with Crippen molar-refractivity contribution in [3.8, 4) is 5.75 Å². The number of aromatic nitrogens is 2. The molecular formula is C14H17F2N3O. The number of rotatable bonds is 5. The summed E-state index contributed by atoms with van der Waals surface area (Å²) in [6.45, 7) is 3.23. The summed E-state index contributed by atoms with van der Waals surface area (Å²) < 4.78 is 30.4. The van der Waals surface area contributed by atoms with E-state index in [1.54, 1.807) is 12.1 Å². The van der Waals surface area contributed by atoms with Crippen LogP contribution in [0.3, 0.4) is 0 Å². The number of hydrogen-bond donors (Lipinski definition) is 1. The third-order valence-electron chi connectivity index (χ3n) is 2.74. The minimum absolute atomic E-state index is 0.133. The van der Waals surface area contributed by atoms with Gasteiger partial charge in [0.15, 0.2) is 0 Å². The molecule has 4 nitrogen and oxygen atoms in total. The average molecular weight is 281 g/mol. The largest absolute Gasteiger partial charge is 0.435 e. The molecule has 0 unspecified atom stereocenters. The van der Waals surface area contributed by atoms with Gasteiger partial charge in [-0.3, -0.25) is 0 Å². The van der Waals surface area contributed by atoms with Crippen LogP contribution in [0.2, 0.25) is 0 Å². The van der Waals surface area contributed by atoms with E-state index in [1.807, 2.05) is 17.7 Å². The van der Waals surface area contributed by atoms with E-state index in [0.717, 1.165) is 17.3 Å². The predicted molar refractivity (Wildman–Crippen MR) is 73.7 cm³/mol. The van der Waals surface area contributed by atoms with Crippen LogP contribution in [0.5, 0.6) is 5.75 Å². The molecule has 0 aliphatic rings. The summed E-state index contributed by atoms with van der Waals surface area (Å²) >= 11 is 0. The first-order chi connectivity index (χ1) is 9.45. The van der Waals surface area contributed by atoms with Gasteiger partial charge in [0.05, 0.1) is 5.69 Å². The Bertz CT molecular complexity index is 564. The highest BCUT2D eigenvalue weighted by Gasteiger charge is 2.09. The van der Waals surface area contributed by atoms with Crippen molar-refractivity contribution in [2.45, 2.75) is 33.4 Å². The average Bonchev–Trinajstić information content (AvgIpc) is 2.72. The fraction of sp³-hybridized carbons (Fsp3) is 0.357. The van der Waals surface area contributed by atoms with Crippen molar-refractivity contribution in [2.24, 2.45) is 0 Å². The van der Waals surface area contributed by atoms with Crippen LogP contribution in [0.25, 0.3) is 0 Å². The van der Waals surface area contributed by atoms with Crippen LogP contribution in [0.1, 0.15) is 25.6 Å². The minimum atomic E-state index is -2.81. The fourth-order valence-corrected chi connectivity index (χ4v) is 1.85. The van der Waals surface area contributed by atoms with Crippen LogP contribution in [-0.4, -0.2) is 16.2 Å². The van der Waals surface area contributed by atoms with Gasteiger partial charge < -0.3 is 14.6 Å². The molecular weight excluding hydrogens is 264 g/mol. The number of anilines is 2. The molecule has 0 fully saturated rings. The lowest BCUT2D eigenvalue weighted by Crippen LogP contribution is -2.05. The van der Waals surface area contributed by atoms with Crippen LogP contribution >= 0.6 is 0 Å². The van der Waals surface area contributed by atoms with Gasteiger partial charge in [0.2, 0.25) is 5.95 Å². The van der Waals surface area contributed by atoms with E-state index in [9.17, 15) is 8.78 Å². The van der Waals surface area contributed by atoms with Crippen molar-refractivity contribution < 1.29 is 13.5 Å². The van der Waals surface area contributed by atoms with Crippen LogP contribution in [-0.2, 0) is 0 Å². The third kappa shape index (κ3) is 3.46. The van der Waals surface area contributed by atoms with E-state index in [0.29, 0.717) is 0 Å². The first-order valence-electron chi connectivity index (χ1n) is 6.33. The summed E-state index contributed by atoms with van der Waals surface area (Å²) in [5.74, 6) is 0.856. The van der Waals surface area contributed by atoms with Gasteiger partial charge in [0, 0.05) is 17.9 Å². The Morgan fingerprint density at radius 2 is 1.85 bits per heavy atom. The van der Waals surface area contributed by atoms with Crippen LogP contribution in [0.15, 0.2) is 30.5 Å². The van der Waals surface area contributed by atoms with Crippen LogP contribution in [0, 0.1) is 6.92 Å². The molecule has 0 saturated heterocycles. The van der Waals surface area contributed by atoms with E-state index in [2.05, 4.69) is 28.9 Å². The quantitative estimate of drug-likeness (QED) is 0.896. The molecule has 6 heteroatoms. The summed E-state index contributed by atoms with van der Waals surface area (Å²) in [7, 11) is 0. The molecule has 1 aromatic heterocycles. The third-order valence-corrected chi connectivity index (χ3v) is 2.74. The first kappa shape index (κ1) is 14.3. The number of benzene rings is 1. The van der Waals surface area contributed by atoms with E-state index in [1.165, 1.54) is 12.1 Å². The zero-order valence-electron chi connectivity index (χ0n) is 11.6. The lowest BCUT2D eigenvalue weighted by atomic mass is 10.3. The molecule has 0 spiro atoms. The first-order valence-corrected chi connectivity index (χ1v) is 6.33. The van der Waals surface area contributed by atoms with Gasteiger partial charge >= 0.3 is 6.61 Å². The molecule has 20 heavy (non-hydrogen) atoms. The second-order valence-corrected chi connectivity index (χ2v) is 4.73. The molecule has 0 atom stereocenters. The second kappa shape index (κ2) is 5.90. The van der Waals surface area contributed by atoms with Crippen molar-refractivity contribution in [3.05, 3.63) is 36.2 Å². The monoisotopic (exact) mass is 281 g/mol. The number of alkyl halides is 2. The molecule has 0 bridgehead atoms. The Kier molecular flexibility index (Phi) is 4.22. The standard InChI is InChI=1S/C14H17F2N3O/c1-9(2)19-8-10(3)17-14(19)18-11-4-6-12(7-5-11)20-13(15)16/h4-9,13H,1-3H3,(H,17,18). The Labute approximate surface area is 116 Å². The SMILES string of the molecule is Cc1cn(C(C)C)c(Nc2ccc(OC(F)F)cc2)n1. The number of ether oxygens (including phenoxy) is 1. The Balaban J connectivity index is 2.14. The number of aryl methyl sites for hydroxylation is 1. The fourth-order valence-electron chi connectivity index (χ4n) is 1.85. The van der Waals surface area contributed by atoms with E-state index >= 15 is 0 Å². The molecule has 0 amide bonds. The van der Waals surface area contributed by atoms with Gasteiger partial charge in [-0.1, -0.05) is 0 Å². The zero-order valence-corrected chi connectivity index (χ0v) is 11.6. The van der Waals surface area contributed by atoms with Crippen LogP contribution < -0.4 is 10.1 Å². The smallest absolute Gasteiger partial charge is 0.387 e. The Morgan fingerprint density at radius 1 is 1.20 bits per heavy atom. The van der Waals surface area contributed by atoms with E-state index in [-0.39, 0.29) is 11.8 Å². The summed E-state index contributed by atoms with van der Waals surface area (Å²) in [6.07, 6.45) is 1.96. The van der Waals surface area contributed by atoms with Gasteiger partial charge in [-0.05, 0) is 45.0 Å². The van der Waals surface area contributed by atoms with Gasteiger partial charge in [0.25, 0.3) is 0 Å². The molecule has 2 aromatic rings. The minimum Gasteiger partial charge on any atom is -0.435 e. The van der Waals surface area contributed by atoms with Gasteiger partial charge in [-0.25, -0.2) is 4.98 Å². The van der Waals surface area contributed by atoms with Gasteiger partial charge in [0.1, 0.15) is 5.75 Å². The zero-order chi connectivity index (χ0) is 14.7. The van der Waals surface area contributed by atoms with Crippen molar-refractivity contribution >= 4 is 11.6 Å². The highest BCUT2D eigenvalue weighted by molar-refractivity contribution is 5.55. The number of nitrogens with one attached hydrogen (secondary N) is 1. The predicted octanol–water partition coefficient (Wildman–Crippen LogP) is 4.12. The maximum absolute atomic E-state index is 12.1. The topological polar surface area (TPSA) is 39.1 Å². The molecule has 0 saturated carbocycles. The summed E-state index contributed by atoms with van der Waals surface area (Å²) in [6, 6.07) is 6.60. The van der Waals surface area contributed by atoms with E-state index < -0.39 is 6.61 Å². The summed E-state index contributed by atoms with van der Waals surface area (Å²) in [5, 5.41) is 3.16. The maximum Gasteiger partial charge on any atom is 0.387 e. The Morgan fingerprint density at radius 3 is 2.40 bits per heavy atom. The van der Waals surface area contributed by atoms with Crippen molar-refractivity contribution in [2.75, 3.05) is 5.32 Å².